The topological polar surface area (TPSA) is 62.7 Å². The molecule has 2 rings (SSSR count). The normalized spacial score (nSPS) is 15.3. The maximum atomic E-state index is 13.4. The molecule has 2 N–H and O–H groups in total. The monoisotopic (exact) mass is 463 g/mol. The standard InChI is InChI=1S/C18H26FN3O2.HI/c1-13(2)24-16(23)7-10-21-17(20-3)22-12-18(8-9-18)14-5-4-6-15(19)11-14;/h4-6,11,13H,7-10,12H2,1-3H3,(H2,20,21,22);1H. The van der Waals surface area contributed by atoms with Crippen molar-refractivity contribution in [1.29, 1.82) is 0 Å². The quantitative estimate of drug-likeness (QED) is 0.283. The Morgan fingerprint density at radius 1 is 1.36 bits per heavy atom. The lowest BCUT2D eigenvalue weighted by molar-refractivity contribution is -0.147. The molecular formula is C18H27FIN3O2. The Balaban J connectivity index is 0.00000312. The van der Waals surface area contributed by atoms with Gasteiger partial charge in [-0.05, 0) is 44.4 Å². The Morgan fingerprint density at radius 2 is 2.08 bits per heavy atom. The second-order valence-electron chi connectivity index (χ2n) is 6.43. The van der Waals surface area contributed by atoms with Crippen LogP contribution in [-0.2, 0) is 14.9 Å². The molecule has 7 heteroatoms. The lowest BCUT2D eigenvalue weighted by Crippen LogP contribution is -2.42. The van der Waals surface area contributed by atoms with E-state index in [4.69, 9.17) is 4.74 Å². The Kier molecular flexibility index (Phi) is 8.61. The van der Waals surface area contributed by atoms with Gasteiger partial charge in [-0.15, -0.1) is 24.0 Å². The molecule has 1 aliphatic rings. The third-order valence-corrected chi connectivity index (χ3v) is 4.10. The number of hydrogen-bond donors (Lipinski definition) is 2. The zero-order chi connectivity index (χ0) is 17.6. The molecule has 25 heavy (non-hydrogen) atoms. The zero-order valence-corrected chi connectivity index (χ0v) is 17.3. The van der Waals surface area contributed by atoms with Crippen molar-refractivity contribution in [2.24, 2.45) is 4.99 Å². The number of carbonyl (C=O) groups is 1. The van der Waals surface area contributed by atoms with Gasteiger partial charge < -0.3 is 15.4 Å². The summed E-state index contributed by atoms with van der Waals surface area (Å²) < 4.78 is 18.5. The Labute approximate surface area is 165 Å². The van der Waals surface area contributed by atoms with Gasteiger partial charge in [-0.25, -0.2) is 4.39 Å². The maximum absolute atomic E-state index is 13.4. The molecule has 0 atom stereocenters. The number of benzene rings is 1. The van der Waals surface area contributed by atoms with E-state index < -0.39 is 0 Å². The number of nitrogens with zero attached hydrogens (tertiary/aromatic N) is 1. The predicted molar refractivity (Wildman–Crippen MR) is 108 cm³/mol. The first-order chi connectivity index (χ1) is 11.4. The number of ether oxygens (including phenoxy) is 1. The van der Waals surface area contributed by atoms with E-state index in [1.54, 1.807) is 19.2 Å². The van der Waals surface area contributed by atoms with E-state index >= 15 is 0 Å². The van der Waals surface area contributed by atoms with Crippen LogP contribution in [-0.4, -0.2) is 38.2 Å². The lowest BCUT2D eigenvalue weighted by atomic mass is 9.96. The van der Waals surface area contributed by atoms with Crippen LogP contribution in [0.3, 0.4) is 0 Å². The number of carbonyl (C=O) groups excluding carboxylic acids is 1. The minimum atomic E-state index is -0.230. The Hall–Kier alpha value is -1.38. The van der Waals surface area contributed by atoms with Crippen LogP contribution in [0.1, 0.15) is 38.7 Å². The fourth-order valence-electron chi connectivity index (χ4n) is 2.62. The van der Waals surface area contributed by atoms with Gasteiger partial charge in [-0.1, -0.05) is 12.1 Å². The number of guanidine groups is 1. The predicted octanol–water partition coefficient (Wildman–Crippen LogP) is 2.98. The molecular weight excluding hydrogens is 436 g/mol. The molecule has 1 saturated carbocycles. The van der Waals surface area contributed by atoms with Gasteiger partial charge in [0.1, 0.15) is 5.82 Å². The minimum Gasteiger partial charge on any atom is -0.463 e. The van der Waals surface area contributed by atoms with Gasteiger partial charge in [0.2, 0.25) is 0 Å². The number of hydrogen-bond acceptors (Lipinski definition) is 3. The van der Waals surface area contributed by atoms with Gasteiger partial charge in [-0.2, -0.15) is 0 Å². The first-order valence-electron chi connectivity index (χ1n) is 8.35. The summed E-state index contributed by atoms with van der Waals surface area (Å²) in [6.45, 7) is 4.80. The lowest BCUT2D eigenvalue weighted by Gasteiger charge is -2.19. The highest BCUT2D eigenvalue weighted by Crippen LogP contribution is 2.47. The summed E-state index contributed by atoms with van der Waals surface area (Å²) >= 11 is 0. The van der Waals surface area contributed by atoms with E-state index in [1.165, 1.54) is 6.07 Å². The minimum absolute atomic E-state index is 0. The average molecular weight is 463 g/mol. The third kappa shape index (κ3) is 6.80. The summed E-state index contributed by atoms with van der Waals surface area (Å²) in [6, 6.07) is 6.78. The Bertz CT molecular complexity index is 604. The number of nitrogens with one attached hydrogen (secondary N) is 2. The van der Waals surface area contributed by atoms with Crippen molar-refractivity contribution < 1.29 is 13.9 Å². The van der Waals surface area contributed by atoms with E-state index in [0.717, 1.165) is 18.4 Å². The average Bonchev–Trinajstić information content (AvgIpc) is 3.31. The fourth-order valence-corrected chi connectivity index (χ4v) is 2.62. The molecule has 0 heterocycles. The molecule has 0 amide bonds. The molecule has 140 valence electrons. The molecule has 0 spiro atoms. The fraction of sp³-hybridized carbons (Fsp3) is 0.556. The van der Waals surface area contributed by atoms with Gasteiger partial charge in [0.15, 0.2) is 5.96 Å². The van der Waals surface area contributed by atoms with Crippen LogP contribution in [0, 0.1) is 5.82 Å². The van der Waals surface area contributed by atoms with Crippen LogP contribution in [0.5, 0.6) is 0 Å². The van der Waals surface area contributed by atoms with E-state index in [2.05, 4.69) is 15.6 Å². The zero-order valence-electron chi connectivity index (χ0n) is 15.0. The third-order valence-electron chi connectivity index (χ3n) is 4.10. The number of aliphatic imine (C=N–C) groups is 1. The van der Waals surface area contributed by atoms with Crippen molar-refractivity contribution in [3.63, 3.8) is 0 Å². The van der Waals surface area contributed by atoms with Crippen molar-refractivity contribution in [2.45, 2.75) is 44.6 Å². The van der Waals surface area contributed by atoms with Crippen molar-refractivity contribution in [1.82, 2.24) is 10.6 Å². The largest absolute Gasteiger partial charge is 0.463 e. The molecule has 5 nitrogen and oxygen atoms in total. The van der Waals surface area contributed by atoms with E-state index in [1.807, 2.05) is 19.9 Å². The molecule has 0 radical (unpaired) electrons. The first kappa shape index (κ1) is 21.7. The summed E-state index contributed by atoms with van der Waals surface area (Å²) in [6.07, 6.45) is 2.24. The van der Waals surface area contributed by atoms with Crippen molar-refractivity contribution in [3.05, 3.63) is 35.6 Å². The number of rotatable bonds is 7. The van der Waals surface area contributed by atoms with E-state index in [-0.39, 0.29) is 53.7 Å². The first-order valence-corrected chi connectivity index (χ1v) is 8.35. The molecule has 0 aliphatic heterocycles. The second-order valence-corrected chi connectivity index (χ2v) is 6.43. The maximum Gasteiger partial charge on any atom is 0.307 e. The second kappa shape index (κ2) is 9.94. The van der Waals surface area contributed by atoms with E-state index in [9.17, 15) is 9.18 Å². The molecule has 1 aromatic carbocycles. The van der Waals surface area contributed by atoms with Gasteiger partial charge in [0, 0.05) is 25.6 Å². The van der Waals surface area contributed by atoms with Gasteiger partial charge >= 0.3 is 5.97 Å². The highest BCUT2D eigenvalue weighted by molar-refractivity contribution is 14.0. The highest BCUT2D eigenvalue weighted by Gasteiger charge is 2.44. The van der Waals surface area contributed by atoms with Gasteiger partial charge in [0.05, 0.1) is 12.5 Å². The van der Waals surface area contributed by atoms with Crippen molar-refractivity contribution in [2.75, 3.05) is 20.1 Å². The van der Waals surface area contributed by atoms with Crippen LogP contribution in [0.15, 0.2) is 29.3 Å². The number of esters is 1. The summed E-state index contributed by atoms with van der Waals surface area (Å²) in [5, 5.41) is 6.37. The van der Waals surface area contributed by atoms with Crippen LogP contribution in [0.2, 0.25) is 0 Å². The summed E-state index contributed by atoms with van der Waals surface area (Å²) in [5.41, 5.74) is 1.00. The summed E-state index contributed by atoms with van der Waals surface area (Å²) in [5.74, 6) is 0.200. The number of halogens is 2. The van der Waals surface area contributed by atoms with Crippen LogP contribution < -0.4 is 10.6 Å². The van der Waals surface area contributed by atoms with Crippen LogP contribution >= 0.6 is 24.0 Å². The molecule has 1 aromatic rings. The Morgan fingerprint density at radius 3 is 2.64 bits per heavy atom. The highest BCUT2D eigenvalue weighted by atomic mass is 127. The van der Waals surface area contributed by atoms with Crippen LogP contribution in [0.25, 0.3) is 0 Å². The SMILES string of the molecule is CN=C(NCCC(=O)OC(C)C)NCC1(c2cccc(F)c2)CC1.I. The molecule has 0 aromatic heterocycles. The smallest absolute Gasteiger partial charge is 0.307 e. The van der Waals surface area contributed by atoms with Crippen molar-refractivity contribution in [3.8, 4) is 0 Å². The van der Waals surface area contributed by atoms with Crippen molar-refractivity contribution >= 4 is 35.9 Å². The molecule has 1 fully saturated rings. The molecule has 0 saturated heterocycles. The van der Waals surface area contributed by atoms with E-state index in [0.29, 0.717) is 19.0 Å². The molecule has 0 bridgehead atoms. The molecule has 1 aliphatic carbocycles. The van der Waals surface area contributed by atoms with Gasteiger partial charge in [0.25, 0.3) is 0 Å². The molecule has 0 unspecified atom stereocenters. The summed E-state index contributed by atoms with van der Waals surface area (Å²) in [7, 11) is 1.68. The van der Waals surface area contributed by atoms with Gasteiger partial charge in [-0.3, -0.25) is 9.79 Å². The summed E-state index contributed by atoms with van der Waals surface area (Å²) in [4.78, 5) is 15.7. The van der Waals surface area contributed by atoms with Crippen LogP contribution in [0.4, 0.5) is 4.39 Å².